The molecule has 0 spiro atoms. The van der Waals surface area contributed by atoms with Crippen molar-refractivity contribution in [3.8, 4) is 5.75 Å². The molecule has 1 aromatic carbocycles. The molecule has 1 atom stereocenters. The minimum absolute atomic E-state index is 0.1000. The molecule has 1 aliphatic rings. The molecule has 0 bridgehead atoms. The van der Waals surface area contributed by atoms with Crippen LogP contribution in [0.3, 0.4) is 0 Å². The summed E-state index contributed by atoms with van der Waals surface area (Å²) in [5, 5.41) is 18.8. The Kier molecular flexibility index (Phi) is 4.00. The number of carboxylic acids is 1. The Balaban J connectivity index is 2.42. The molecule has 0 saturated heterocycles. The molecule has 7 heteroatoms. The molecule has 0 amide bonds. The maximum absolute atomic E-state index is 12.6. The molecule has 1 aromatic rings. The van der Waals surface area contributed by atoms with E-state index in [2.05, 4.69) is 15.9 Å². The zero-order chi connectivity index (χ0) is 15.1. The van der Waals surface area contributed by atoms with E-state index >= 15 is 0 Å². The fourth-order valence-electron chi connectivity index (χ4n) is 2.33. The zero-order valence-corrected chi connectivity index (χ0v) is 11.8. The number of rotatable bonds is 4. The molecule has 2 rings (SSSR count). The average molecular weight is 353 g/mol. The van der Waals surface area contributed by atoms with Crippen LogP contribution in [0, 0.1) is 5.92 Å². The van der Waals surface area contributed by atoms with E-state index in [-0.39, 0.29) is 22.4 Å². The van der Waals surface area contributed by atoms with E-state index in [1.807, 2.05) is 0 Å². The van der Waals surface area contributed by atoms with Crippen LogP contribution in [0.2, 0.25) is 0 Å². The molecule has 0 radical (unpaired) electrons. The Morgan fingerprint density at radius 1 is 1.40 bits per heavy atom. The van der Waals surface area contributed by atoms with E-state index in [4.69, 9.17) is 5.11 Å². The van der Waals surface area contributed by atoms with Crippen LogP contribution in [0.15, 0.2) is 16.6 Å². The predicted octanol–water partition coefficient (Wildman–Crippen LogP) is 4.14. The van der Waals surface area contributed by atoms with Gasteiger partial charge in [-0.2, -0.15) is 13.2 Å². The number of carbonyl (C=O) groups is 1. The number of halogens is 4. The molecular weight excluding hydrogens is 341 g/mol. The maximum Gasteiger partial charge on any atom is 0.416 e. The van der Waals surface area contributed by atoms with Gasteiger partial charge in [0.2, 0.25) is 0 Å². The normalized spacial score (nSPS) is 17.0. The largest absolute Gasteiger partial charge is 0.508 e. The van der Waals surface area contributed by atoms with Crippen molar-refractivity contribution in [3.05, 3.63) is 27.7 Å². The molecule has 1 unspecified atom stereocenters. The van der Waals surface area contributed by atoms with E-state index in [1.54, 1.807) is 0 Å². The van der Waals surface area contributed by atoms with Crippen molar-refractivity contribution in [2.75, 3.05) is 0 Å². The lowest BCUT2D eigenvalue weighted by atomic mass is 9.89. The number of benzene rings is 1. The lowest BCUT2D eigenvalue weighted by Gasteiger charge is -2.19. The first kappa shape index (κ1) is 15.2. The van der Waals surface area contributed by atoms with Crippen molar-refractivity contribution >= 4 is 21.9 Å². The van der Waals surface area contributed by atoms with Crippen LogP contribution in [0.1, 0.15) is 36.3 Å². The van der Waals surface area contributed by atoms with Gasteiger partial charge in [0, 0.05) is 16.0 Å². The van der Waals surface area contributed by atoms with E-state index in [9.17, 15) is 23.1 Å². The van der Waals surface area contributed by atoms with Crippen LogP contribution < -0.4 is 0 Å². The lowest BCUT2D eigenvalue weighted by Crippen LogP contribution is -2.11. The molecule has 1 aliphatic carbocycles. The smallest absolute Gasteiger partial charge is 0.416 e. The van der Waals surface area contributed by atoms with Gasteiger partial charge in [0.05, 0.1) is 12.0 Å². The Morgan fingerprint density at radius 3 is 2.40 bits per heavy atom. The van der Waals surface area contributed by atoms with Crippen LogP contribution in [0.5, 0.6) is 5.75 Å². The van der Waals surface area contributed by atoms with Crippen LogP contribution >= 0.6 is 15.9 Å². The standard InChI is InChI=1S/C13H12BrF3O3/c14-9-3-7(13(15,16)17)4-10(18)12(9)8(5-11(19)20)6-1-2-6/h3-4,6,8,18H,1-2,5H2,(H,19,20). The highest BCUT2D eigenvalue weighted by molar-refractivity contribution is 9.10. The summed E-state index contributed by atoms with van der Waals surface area (Å²) < 4.78 is 38.0. The van der Waals surface area contributed by atoms with E-state index in [0.717, 1.165) is 18.9 Å². The first-order chi connectivity index (χ1) is 9.20. The molecule has 0 aromatic heterocycles. The highest BCUT2D eigenvalue weighted by Crippen LogP contribution is 2.50. The topological polar surface area (TPSA) is 57.5 Å². The van der Waals surface area contributed by atoms with Crippen molar-refractivity contribution < 1.29 is 28.2 Å². The third kappa shape index (κ3) is 3.26. The molecule has 20 heavy (non-hydrogen) atoms. The zero-order valence-electron chi connectivity index (χ0n) is 10.2. The second-order valence-electron chi connectivity index (χ2n) is 4.93. The van der Waals surface area contributed by atoms with Gasteiger partial charge in [-0.05, 0) is 30.9 Å². The van der Waals surface area contributed by atoms with Gasteiger partial charge in [-0.3, -0.25) is 4.79 Å². The van der Waals surface area contributed by atoms with Gasteiger partial charge < -0.3 is 10.2 Å². The van der Waals surface area contributed by atoms with Gasteiger partial charge in [0.15, 0.2) is 0 Å². The van der Waals surface area contributed by atoms with Crippen molar-refractivity contribution in [2.24, 2.45) is 5.92 Å². The number of aliphatic carboxylic acids is 1. The quantitative estimate of drug-likeness (QED) is 0.855. The molecule has 3 nitrogen and oxygen atoms in total. The van der Waals surface area contributed by atoms with Crippen LogP contribution in [-0.2, 0) is 11.0 Å². The van der Waals surface area contributed by atoms with Gasteiger partial charge in [-0.15, -0.1) is 0 Å². The Hall–Kier alpha value is -1.24. The Morgan fingerprint density at radius 2 is 2.00 bits per heavy atom. The average Bonchev–Trinajstić information content (AvgIpc) is 3.08. The van der Waals surface area contributed by atoms with Gasteiger partial charge >= 0.3 is 12.1 Å². The fourth-order valence-corrected chi connectivity index (χ4v) is 3.07. The molecule has 1 fully saturated rings. The SMILES string of the molecule is O=C(O)CC(c1c(O)cc(C(F)(F)F)cc1Br)C1CC1. The molecule has 0 heterocycles. The molecule has 110 valence electrons. The number of phenolic OH excluding ortho intramolecular Hbond substituents is 1. The number of hydrogen-bond donors (Lipinski definition) is 2. The second-order valence-corrected chi connectivity index (χ2v) is 5.78. The van der Waals surface area contributed by atoms with E-state index in [1.165, 1.54) is 0 Å². The summed E-state index contributed by atoms with van der Waals surface area (Å²) in [4.78, 5) is 10.9. The van der Waals surface area contributed by atoms with E-state index < -0.39 is 29.4 Å². The summed E-state index contributed by atoms with van der Waals surface area (Å²) in [5.41, 5.74) is -0.710. The molecule has 0 aliphatic heterocycles. The summed E-state index contributed by atoms with van der Waals surface area (Å²) in [7, 11) is 0. The Bertz CT molecular complexity index is 515. The summed E-state index contributed by atoms with van der Waals surface area (Å²) in [6, 6.07) is 1.53. The second kappa shape index (κ2) is 5.27. The van der Waals surface area contributed by atoms with Crippen molar-refractivity contribution in [3.63, 3.8) is 0 Å². The highest BCUT2D eigenvalue weighted by Gasteiger charge is 2.38. The first-order valence-electron chi connectivity index (χ1n) is 6.01. The number of hydrogen-bond acceptors (Lipinski definition) is 2. The number of phenols is 1. The summed E-state index contributed by atoms with van der Waals surface area (Å²) >= 11 is 3.02. The molecular formula is C13H12BrF3O3. The van der Waals surface area contributed by atoms with E-state index in [0.29, 0.717) is 6.07 Å². The van der Waals surface area contributed by atoms with Gasteiger partial charge in [0.25, 0.3) is 0 Å². The van der Waals surface area contributed by atoms with Gasteiger partial charge in [-0.25, -0.2) is 0 Å². The first-order valence-corrected chi connectivity index (χ1v) is 6.81. The summed E-state index contributed by atoms with van der Waals surface area (Å²) in [6.07, 6.45) is -3.11. The van der Waals surface area contributed by atoms with Crippen LogP contribution in [-0.4, -0.2) is 16.2 Å². The monoisotopic (exact) mass is 352 g/mol. The lowest BCUT2D eigenvalue weighted by molar-refractivity contribution is -0.138. The number of aromatic hydroxyl groups is 1. The van der Waals surface area contributed by atoms with Gasteiger partial charge in [-0.1, -0.05) is 15.9 Å². The Labute approximate surface area is 121 Å². The minimum atomic E-state index is -4.56. The molecule has 1 saturated carbocycles. The van der Waals surface area contributed by atoms with Crippen molar-refractivity contribution in [1.82, 2.24) is 0 Å². The van der Waals surface area contributed by atoms with Crippen LogP contribution in [0.25, 0.3) is 0 Å². The molecule has 2 N–H and O–H groups in total. The predicted molar refractivity (Wildman–Crippen MR) is 68.5 cm³/mol. The minimum Gasteiger partial charge on any atom is -0.508 e. The van der Waals surface area contributed by atoms with Crippen LogP contribution in [0.4, 0.5) is 13.2 Å². The number of carboxylic acid groups (broad SMARTS) is 1. The van der Waals surface area contributed by atoms with Gasteiger partial charge in [0.1, 0.15) is 5.75 Å². The fraction of sp³-hybridized carbons (Fsp3) is 0.462. The number of alkyl halides is 3. The van der Waals surface area contributed by atoms with Crippen molar-refractivity contribution in [2.45, 2.75) is 31.4 Å². The highest BCUT2D eigenvalue weighted by atomic mass is 79.9. The van der Waals surface area contributed by atoms with Crippen molar-refractivity contribution in [1.29, 1.82) is 0 Å². The third-order valence-electron chi connectivity index (χ3n) is 3.39. The summed E-state index contributed by atoms with van der Waals surface area (Å²) in [5.74, 6) is -1.91. The maximum atomic E-state index is 12.6. The summed E-state index contributed by atoms with van der Waals surface area (Å²) in [6.45, 7) is 0. The third-order valence-corrected chi connectivity index (χ3v) is 4.05.